The molecule has 0 fully saturated rings. The number of hydrogen-bond acceptors (Lipinski definition) is 1. The van der Waals surface area contributed by atoms with E-state index in [1.165, 1.54) is 6.42 Å². The Morgan fingerprint density at radius 2 is 2.14 bits per heavy atom. The Hall–Kier alpha value is 0.769. The monoisotopic (exact) mass is 164 g/mol. The van der Waals surface area contributed by atoms with E-state index in [4.69, 9.17) is 0 Å². The van der Waals surface area contributed by atoms with Crippen molar-refractivity contribution < 1.29 is 32.6 Å². The van der Waals surface area contributed by atoms with Gasteiger partial charge in [-0.05, 0) is 0 Å². The average molecular weight is 164 g/mol. The normalized spacial score (nSPS) is 7.71. The van der Waals surface area contributed by atoms with Crippen LogP contribution in [0.15, 0.2) is 0 Å². The van der Waals surface area contributed by atoms with E-state index < -0.39 is 0 Å². The first-order valence-electron chi connectivity index (χ1n) is 2.14. The Morgan fingerprint density at radius 3 is 2.29 bits per heavy atom. The zero-order valence-corrected chi connectivity index (χ0v) is 6.12. The summed E-state index contributed by atoms with van der Waals surface area (Å²) >= 11 is 3.22. The molecule has 0 amide bonds. The van der Waals surface area contributed by atoms with Crippen LogP contribution in [0.5, 0.6) is 0 Å². The van der Waals surface area contributed by atoms with Crippen molar-refractivity contribution in [2.24, 2.45) is 0 Å². The van der Waals surface area contributed by atoms with Gasteiger partial charge >= 0.3 is 46.5 Å². The zero-order chi connectivity index (χ0) is 4.83. The van der Waals surface area contributed by atoms with Gasteiger partial charge in [-0.1, -0.05) is 0 Å². The third-order valence-electron chi connectivity index (χ3n) is 0.570. The molecule has 0 aliphatic heterocycles. The van der Waals surface area contributed by atoms with Crippen LogP contribution >= 0.6 is 0 Å². The number of halogens is 1. The van der Waals surface area contributed by atoms with Crippen LogP contribution in [0.2, 0.25) is 0 Å². The second-order valence-electron chi connectivity index (χ2n) is 1.16. The Bertz CT molecular complexity index is 23.7. The molecule has 0 aromatic heterocycles. The zero-order valence-electron chi connectivity index (χ0n) is 4.26. The van der Waals surface area contributed by atoms with E-state index in [-0.39, 0.29) is 12.4 Å². The largest absolute Gasteiger partial charge is 1.00 e. The van der Waals surface area contributed by atoms with Gasteiger partial charge in [0.05, 0.1) is 0 Å². The van der Waals surface area contributed by atoms with Gasteiger partial charge in [-0.25, -0.2) is 0 Å². The summed E-state index contributed by atoms with van der Waals surface area (Å²) in [4.78, 5) is 0. The van der Waals surface area contributed by atoms with E-state index in [1.54, 1.807) is 0 Å². The maximum Gasteiger partial charge on any atom is -1.00 e. The van der Waals surface area contributed by atoms with E-state index >= 15 is 0 Å². The Morgan fingerprint density at radius 1 is 1.57 bits per heavy atom. The van der Waals surface area contributed by atoms with Crippen LogP contribution in [-0.2, 0) is 20.2 Å². The molecule has 0 unspecified atom stereocenters. The van der Waals surface area contributed by atoms with Crippen molar-refractivity contribution in [1.29, 1.82) is 0 Å². The molecule has 0 radical (unpaired) electrons. The van der Waals surface area contributed by atoms with Gasteiger partial charge in [-0.2, -0.15) is 0 Å². The molecule has 0 aliphatic rings. The van der Waals surface area contributed by atoms with Crippen molar-refractivity contribution in [1.82, 2.24) is 0 Å². The molecular weight excluding hydrogens is 155 g/mol. The molecule has 7 heavy (non-hydrogen) atoms. The van der Waals surface area contributed by atoms with E-state index in [0.717, 1.165) is 13.0 Å². The Balaban J connectivity index is 0. The standard InChI is InChI=1S/C4H9O.ClH.Fe/c1-2-3-4-5;;/h2-4H2,1H3;1H;/q-1;;+2/p-1. The van der Waals surface area contributed by atoms with Crippen LogP contribution in [-0.4, -0.2) is 6.61 Å². The summed E-state index contributed by atoms with van der Waals surface area (Å²) in [5.41, 5.74) is 0. The molecule has 0 aromatic carbocycles. The predicted octanol–water partition coefficient (Wildman–Crippen LogP) is -1.73. The van der Waals surface area contributed by atoms with Gasteiger partial charge in [0.2, 0.25) is 0 Å². The van der Waals surface area contributed by atoms with Crippen molar-refractivity contribution in [3.8, 4) is 0 Å². The molecule has 1 nitrogen and oxygen atoms in total. The molecule has 0 rings (SSSR count). The van der Waals surface area contributed by atoms with Gasteiger partial charge in [-0.3, -0.25) is 0 Å². The number of rotatable bonds is 3. The summed E-state index contributed by atoms with van der Waals surface area (Å²) in [7, 11) is 0. The van der Waals surface area contributed by atoms with Gasteiger partial charge in [0.25, 0.3) is 0 Å². The van der Waals surface area contributed by atoms with Crippen molar-refractivity contribution in [3.63, 3.8) is 0 Å². The molecule has 0 bridgehead atoms. The first-order chi connectivity index (χ1) is 2.91. The minimum absolute atomic E-state index is 0. The van der Waals surface area contributed by atoms with Crippen LogP contribution in [0.4, 0.5) is 0 Å². The quantitative estimate of drug-likeness (QED) is 0.356. The summed E-state index contributed by atoms with van der Waals surface area (Å²) in [6.45, 7) is 2.93. The van der Waals surface area contributed by atoms with E-state index in [2.05, 4.69) is 27.1 Å². The van der Waals surface area contributed by atoms with E-state index in [1.807, 2.05) is 0 Å². The molecule has 3 heteroatoms. The fourth-order valence-corrected chi connectivity index (χ4v) is 0.355. The third-order valence-corrected chi connectivity index (χ3v) is 0.795. The number of hydrogen-bond donors (Lipinski definition) is 0. The molecule has 0 aromatic rings. The maximum absolute atomic E-state index is 4.53. The summed E-state index contributed by atoms with van der Waals surface area (Å²) in [6.07, 6.45) is 2.32. The van der Waals surface area contributed by atoms with Gasteiger partial charge in [-0.15, -0.1) is 0 Å². The van der Waals surface area contributed by atoms with Gasteiger partial charge in [0.15, 0.2) is 0 Å². The van der Waals surface area contributed by atoms with Crippen LogP contribution in [0, 0.1) is 0 Å². The van der Waals surface area contributed by atoms with Crippen molar-refractivity contribution in [2.75, 3.05) is 6.61 Å². The van der Waals surface area contributed by atoms with Crippen LogP contribution < -0.4 is 12.4 Å². The fraction of sp³-hybridized carbons (Fsp3) is 1.00. The topological polar surface area (TPSA) is 9.23 Å². The van der Waals surface area contributed by atoms with Gasteiger partial charge in [0, 0.05) is 0 Å². The van der Waals surface area contributed by atoms with Crippen molar-refractivity contribution >= 4 is 0 Å². The van der Waals surface area contributed by atoms with E-state index in [9.17, 15) is 0 Å². The molecule has 0 aliphatic carbocycles. The van der Waals surface area contributed by atoms with Crippen molar-refractivity contribution in [3.05, 3.63) is 0 Å². The molecule has 46 valence electrons. The first-order valence-corrected chi connectivity index (χ1v) is 2.59. The predicted molar refractivity (Wildman–Crippen MR) is 20.9 cm³/mol. The Kier molecular flexibility index (Phi) is 15.1. The van der Waals surface area contributed by atoms with Crippen LogP contribution in [0.1, 0.15) is 19.8 Å². The van der Waals surface area contributed by atoms with Crippen LogP contribution in [0.25, 0.3) is 0 Å². The minimum atomic E-state index is 0. The molecule has 0 saturated heterocycles. The summed E-state index contributed by atoms with van der Waals surface area (Å²) in [5.74, 6) is 0. The summed E-state index contributed by atoms with van der Waals surface area (Å²) < 4.78 is 4.53. The second-order valence-corrected chi connectivity index (χ2v) is 1.48. The molecular formula is C4H9ClFeO. The molecule has 0 spiro atoms. The minimum Gasteiger partial charge on any atom is -1.00 e. The average Bonchev–Trinajstić information content (AvgIpc) is 1.61. The van der Waals surface area contributed by atoms with Gasteiger partial charge in [0.1, 0.15) is 0 Å². The van der Waals surface area contributed by atoms with Gasteiger partial charge < -0.3 is 12.4 Å². The maximum atomic E-state index is 4.53. The molecule has 0 atom stereocenters. The third kappa shape index (κ3) is 10.8. The SMILES string of the molecule is CCCC[O][Fe+].[Cl-]. The van der Waals surface area contributed by atoms with Crippen LogP contribution in [0.3, 0.4) is 0 Å². The van der Waals surface area contributed by atoms with Crippen molar-refractivity contribution in [2.45, 2.75) is 19.8 Å². The summed E-state index contributed by atoms with van der Waals surface area (Å²) in [5, 5.41) is 0. The van der Waals surface area contributed by atoms with E-state index in [0.29, 0.717) is 0 Å². The first kappa shape index (κ1) is 10.7. The fourth-order valence-electron chi connectivity index (χ4n) is 0.195. The second kappa shape index (κ2) is 9.91. The summed E-state index contributed by atoms with van der Waals surface area (Å²) in [6, 6.07) is 0. The molecule has 0 saturated carbocycles. The Labute approximate surface area is 59.4 Å². The number of unbranched alkanes of at least 4 members (excludes halogenated alkanes) is 1. The smallest absolute Gasteiger partial charge is 1.00 e. The molecule has 0 heterocycles. The molecule has 0 N–H and O–H groups in total.